The monoisotopic (exact) mass is 571 g/mol. The van der Waals surface area contributed by atoms with Crippen LogP contribution in [0.2, 0.25) is 5.02 Å². The Morgan fingerprint density at radius 2 is 1.52 bits per heavy atom. The number of piperidine rings is 4. The number of amides is 3. The number of hydrogen-bond donors (Lipinski definition) is 1. The highest BCUT2D eigenvalue weighted by Crippen LogP contribution is 2.31. The Kier molecular flexibility index (Phi) is 10.3. The Balaban J connectivity index is 1.27. The maximum Gasteiger partial charge on any atom is 0.320 e. The highest BCUT2D eigenvalue weighted by molar-refractivity contribution is 6.30. The molecule has 2 atom stereocenters. The summed E-state index contributed by atoms with van der Waals surface area (Å²) in [4.78, 5) is 36.6. The van der Waals surface area contributed by atoms with Crippen molar-refractivity contribution in [1.82, 2.24) is 24.9 Å². The molecule has 1 aliphatic carbocycles. The van der Waals surface area contributed by atoms with Crippen LogP contribution in [0.25, 0.3) is 0 Å². The Morgan fingerprint density at radius 3 is 2.10 bits per heavy atom. The van der Waals surface area contributed by atoms with Gasteiger partial charge in [-0.05, 0) is 95.5 Å². The lowest BCUT2D eigenvalue weighted by Crippen LogP contribution is -2.62. The second-order valence-corrected chi connectivity index (χ2v) is 12.9. The third-order valence-electron chi connectivity index (χ3n) is 10.1. The lowest BCUT2D eigenvalue weighted by atomic mass is 9.83. The second-order valence-electron chi connectivity index (χ2n) is 12.5. The van der Waals surface area contributed by atoms with Crippen LogP contribution < -0.4 is 5.32 Å². The molecule has 1 aromatic rings. The van der Waals surface area contributed by atoms with E-state index in [0.29, 0.717) is 24.4 Å². The number of nitrogens with zero attached hydrogens (tertiary/aromatic N) is 4. The van der Waals surface area contributed by atoms with Gasteiger partial charge >= 0.3 is 6.03 Å². The van der Waals surface area contributed by atoms with Crippen LogP contribution in [0.3, 0.4) is 0 Å². The molecule has 6 rings (SSSR count). The SMILES string of the molecule is CCN(CC)C(=O)N(C1CCCCC1)C1CCN(C(=O)[C@@H](Cc2ccc(Cl)cc2)NC2CN3CCC2CC3)CC1. The van der Waals surface area contributed by atoms with Gasteiger partial charge in [-0.2, -0.15) is 0 Å². The largest absolute Gasteiger partial charge is 0.341 e. The number of benzene rings is 1. The first kappa shape index (κ1) is 29.7. The van der Waals surface area contributed by atoms with E-state index in [1.807, 2.05) is 29.2 Å². The van der Waals surface area contributed by atoms with Crippen LogP contribution in [0.4, 0.5) is 4.79 Å². The van der Waals surface area contributed by atoms with Crippen molar-refractivity contribution in [3.63, 3.8) is 0 Å². The first-order valence-electron chi connectivity index (χ1n) is 16.1. The van der Waals surface area contributed by atoms with Gasteiger partial charge in [-0.15, -0.1) is 0 Å². The van der Waals surface area contributed by atoms with Crippen molar-refractivity contribution >= 4 is 23.5 Å². The number of urea groups is 1. The number of halogens is 1. The molecule has 40 heavy (non-hydrogen) atoms. The van der Waals surface area contributed by atoms with Gasteiger partial charge in [0, 0.05) is 55.9 Å². The molecule has 0 spiro atoms. The van der Waals surface area contributed by atoms with E-state index in [2.05, 4.69) is 33.9 Å². The topological polar surface area (TPSA) is 59.1 Å². The molecule has 0 aromatic heterocycles. The molecule has 2 bridgehead atoms. The fraction of sp³-hybridized carbons (Fsp3) is 0.750. The summed E-state index contributed by atoms with van der Waals surface area (Å²) in [7, 11) is 0. The molecule has 0 radical (unpaired) electrons. The predicted molar refractivity (Wildman–Crippen MR) is 162 cm³/mol. The van der Waals surface area contributed by atoms with Gasteiger partial charge < -0.3 is 24.9 Å². The molecule has 4 heterocycles. The van der Waals surface area contributed by atoms with Gasteiger partial charge in [0.25, 0.3) is 0 Å². The van der Waals surface area contributed by atoms with Crippen molar-refractivity contribution in [2.45, 2.75) is 102 Å². The van der Waals surface area contributed by atoms with Crippen LogP contribution in [-0.4, -0.2) is 102 Å². The molecule has 5 fully saturated rings. The van der Waals surface area contributed by atoms with E-state index in [-0.39, 0.29) is 24.0 Å². The summed E-state index contributed by atoms with van der Waals surface area (Å²) < 4.78 is 0. The van der Waals surface area contributed by atoms with Gasteiger partial charge in [0.05, 0.1) is 6.04 Å². The Bertz CT molecular complexity index is 964. The molecule has 1 saturated carbocycles. The van der Waals surface area contributed by atoms with E-state index in [9.17, 15) is 9.59 Å². The molecule has 5 aliphatic rings. The normalized spacial score (nSPS) is 26.5. The smallest absolute Gasteiger partial charge is 0.320 e. The highest BCUT2D eigenvalue weighted by atomic mass is 35.5. The Morgan fingerprint density at radius 1 is 0.900 bits per heavy atom. The van der Waals surface area contributed by atoms with E-state index in [1.54, 1.807) is 0 Å². The third-order valence-corrected chi connectivity index (χ3v) is 10.4. The molecule has 8 heteroatoms. The first-order chi connectivity index (χ1) is 19.5. The summed E-state index contributed by atoms with van der Waals surface area (Å²) in [6, 6.07) is 8.82. The predicted octanol–water partition coefficient (Wildman–Crippen LogP) is 5.02. The summed E-state index contributed by atoms with van der Waals surface area (Å²) in [6.07, 6.45) is 10.8. The van der Waals surface area contributed by atoms with Crippen molar-refractivity contribution in [1.29, 1.82) is 0 Å². The van der Waals surface area contributed by atoms with Gasteiger partial charge in [0.15, 0.2) is 0 Å². The fourth-order valence-electron chi connectivity index (χ4n) is 7.70. The van der Waals surface area contributed by atoms with Crippen LogP contribution >= 0.6 is 11.6 Å². The van der Waals surface area contributed by atoms with Crippen molar-refractivity contribution in [3.05, 3.63) is 34.9 Å². The molecule has 4 aliphatic heterocycles. The van der Waals surface area contributed by atoms with Gasteiger partial charge in [-0.25, -0.2) is 4.79 Å². The summed E-state index contributed by atoms with van der Waals surface area (Å²) in [5.74, 6) is 0.871. The maximum atomic E-state index is 14.1. The Hall–Kier alpha value is -1.83. The summed E-state index contributed by atoms with van der Waals surface area (Å²) in [5.41, 5.74) is 1.14. The van der Waals surface area contributed by atoms with Gasteiger partial charge in [-0.3, -0.25) is 4.79 Å². The minimum atomic E-state index is -0.241. The van der Waals surface area contributed by atoms with Crippen molar-refractivity contribution in [2.24, 2.45) is 5.92 Å². The number of nitrogens with one attached hydrogen (secondary N) is 1. The average Bonchev–Trinajstić information content (AvgIpc) is 3.00. The molecule has 1 unspecified atom stereocenters. The number of hydrogen-bond acceptors (Lipinski definition) is 4. The van der Waals surface area contributed by atoms with Gasteiger partial charge in [0.1, 0.15) is 0 Å². The molecule has 7 nitrogen and oxygen atoms in total. The lowest BCUT2D eigenvalue weighted by molar-refractivity contribution is -0.135. The molecular weight excluding hydrogens is 522 g/mol. The quantitative estimate of drug-likeness (QED) is 0.452. The van der Waals surface area contributed by atoms with Crippen LogP contribution in [0.1, 0.15) is 77.2 Å². The third kappa shape index (κ3) is 6.96. The number of fused-ring (bicyclic) bond motifs is 3. The zero-order valence-corrected chi connectivity index (χ0v) is 25.5. The van der Waals surface area contributed by atoms with Gasteiger partial charge in [0.2, 0.25) is 5.91 Å². The minimum Gasteiger partial charge on any atom is -0.341 e. The summed E-state index contributed by atoms with van der Waals surface area (Å²) >= 11 is 6.16. The molecule has 3 amide bonds. The van der Waals surface area contributed by atoms with Crippen molar-refractivity contribution in [2.75, 3.05) is 45.8 Å². The maximum absolute atomic E-state index is 14.1. The molecule has 4 saturated heterocycles. The van der Waals surface area contributed by atoms with Crippen molar-refractivity contribution < 1.29 is 9.59 Å². The van der Waals surface area contributed by atoms with Crippen LogP contribution in [0, 0.1) is 5.92 Å². The van der Waals surface area contributed by atoms with Crippen LogP contribution in [0.15, 0.2) is 24.3 Å². The molecule has 222 valence electrons. The zero-order chi connectivity index (χ0) is 28.1. The van der Waals surface area contributed by atoms with Gasteiger partial charge in [-0.1, -0.05) is 43.0 Å². The lowest BCUT2D eigenvalue weighted by Gasteiger charge is -2.47. The molecular formula is C32H50ClN5O2. The van der Waals surface area contributed by atoms with E-state index in [1.165, 1.54) is 45.2 Å². The number of carbonyl (C=O) groups is 2. The molecule has 1 N–H and O–H groups in total. The molecule has 1 aromatic carbocycles. The second kappa shape index (κ2) is 13.9. The number of carbonyl (C=O) groups excluding carboxylic acids is 2. The Labute approximate surface area is 246 Å². The average molecular weight is 572 g/mol. The van der Waals surface area contributed by atoms with Crippen LogP contribution in [0.5, 0.6) is 0 Å². The van der Waals surface area contributed by atoms with Crippen molar-refractivity contribution in [3.8, 4) is 0 Å². The highest BCUT2D eigenvalue weighted by Gasteiger charge is 2.39. The summed E-state index contributed by atoms with van der Waals surface area (Å²) in [5, 5.41) is 4.57. The van der Waals surface area contributed by atoms with E-state index < -0.39 is 0 Å². The first-order valence-corrected chi connectivity index (χ1v) is 16.4. The number of likely N-dealkylation sites (tertiary alicyclic amines) is 1. The standard InChI is InChI=1S/C32H50ClN5O2/c1-3-36(4-2)32(40)38(27-8-6-5-7-9-27)28-16-20-37(21-17-28)31(39)29(22-24-10-12-26(33)13-11-24)34-30-23-35-18-14-25(30)15-19-35/h10-13,25,27-30,34H,3-9,14-23H2,1-2H3/t29-,30?/m1/s1. The van der Waals surface area contributed by atoms with E-state index >= 15 is 0 Å². The van der Waals surface area contributed by atoms with Crippen LogP contribution in [-0.2, 0) is 11.2 Å². The summed E-state index contributed by atoms with van der Waals surface area (Å²) in [6.45, 7) is 10.5. The van der Waals surface area contributed by atoms with E-state index in [4.69, 9.17) is 11.6 Å². The number of rotatable bonds is 9. The minimum absolute atomic E-state index is 0.200. The fourth-order valence-corrected chi connectivity index (χ4v) is 7.82. The zero-order valence-electron chi connectivity index (χ0n) is 24.7. The van der Waals surface area contributed by atoms with E-state index in [0.717, 1.165) is 69.0 Å².